The first kappa shape index (κ1) is 18.0. The molecule has 0 aromatic heterocycles. The van der Waals surface area contributed by atoms with E-state index in [0.717, 1.165) is 32.1 Å². The van der Waals surface area contributed by atoms with Gasteiger partial charge in [-0.3, -0.25) is 4.79 Å². The van der Waals surface area contributed by atoms with E-state index in [1.807, 2.05) is 25.7 Å². The molecule has 2 saturated heterocycles. The summed E-state index contributed by atoms with van der Waals surface area (Å²) in [6.07, 6.45) is 4.73. The average molecular weight is 326 g/mol. The summed E-state index contributed by atoms with van der Waals surface area (Å²) in [5.41, 5.74) is -0.492. The van der Waals surface area contributed by atoms with Gasteiger partial charge in [0.05, 0.1) is 0 Å². The van der Waals surface area contributed by atoms with E-state index in [-0.39, 0.29) is 24.0 Å². The fourth-order valence-corrected chi connectivity index (χ4v) is 3.66. The Morgan fingerprint density at radius 2 is 1.87 bits per heavy atom. The van der Waals surface area contributed by atoms with E-state index in [0.29, 0.717) is 19.6 Å². The van der Waals surface area contributed by atoms with Crippen LogP contribution in [0.3, 0.4) is 0 Å². The molecule has 0 aliphatic carbocycles. The molecule has 0 saturated carbocycles. The van der Waals surface area contributed by atoms with Crippen molar-refractivity contribution in [3.05, 3.63) is 0 Å². The van der Waals surface area contributed by atoms with Gasteiger partial charge in [-0.15, -0.1) is 0 Å². The Labute approximate surface area is 138 Å². The number of piperidine rings is 2. The Hall–Kier alpha value is -1.30. The number of carbonyl (C=O) groups is 2. The van der Waals surface area contributed by atoms with Gasteiger partial charge in [0.1, 0.15) is 12.2 Å². The number of hydrogen-bond donors (Lipinski definition) is 1. The summed E-state index contributed by atoms with van der Waals surface area (Å²) < 4.78 is 5.47. The minimum atomic E-state index is -0.492. The highest BCUT2D eigenvalue weighted by atomic mass is 16.6. The number of hydrogen-bond acceptors (Lipinski definition) is 4. The van der Waals surface area contributed by atoms with Crippen LogP contribution in [-0.4, -0.2) is 64.8 Å². The number of ether oxygens (including phenoxy) is 1. The van der Waals surface area contributed by atoms with Crippen molar-refractivity contribution >= 4 is 12.0 Å². The fourth-order valence-electron chi connectivity index (χ4n) is 3.66. The number of aliphatic hydroxyl groups excluding tert-OH is 1. The Morgan fingerprint density at radius 3 is 2.52 bits per heavy atom. The first-order chi connectivity index (χ1) is 10.8. The standard InChI is InChI=1S/C17H30N2O4/c1-17(2,3)23-16(22)18-9-6-7-13(11-18)14-8-4-5-10-19(14)15(21)12-20/h13-14,20H,4-12H2,1-3H3/t13-,14-/m0/s1. The lowest BCUT2D eigenvalue weighted by atomic mass is 9.84. The Balaban J connectivity index is 2.01. The molecule has 2 atom stereocenters. The second-order valence-corrected chi connectivity index (χ2v) is 7.64. The van der Waals surface area contributed by atoms with Crippen molar-refractivity contribution in [3.8, 4) is 0 Å². The van der Waals surface area contributed by atoms with Crippen molar-refractivity contribution in [1.82, 2.24) is 9.80 Å². The minimum absolute atomic E-state index is 0.133. The molecule has 2 amide bonds. The van der Waals surface area contributed by atoms with Crippen LogP contribution < -0.4 is 0 Å². The molecule has 2 aliphatic heterocycles. The van der Waals surface area contributed by atoms with Gasteiger partial charge in [0.15, 0.2) is 0 Å². The maximum Gasteiger partial charge on any atom is 0.410 e. The molecule has 2 heterocycles. The van der Waals surface area contributed by atoms with Gasteiger partial charge >= 0.3 is 6.09 Å². The van der Waals surface area contributed by atoms with Crippen molar-refractivity contribution in [2.75, 3.05) is 26.2 Å². The summed E-state index contributed by atoms with van der Waals surface area (Å²) in [6, 6.07) is 0.133. The van der Waals surface area contributed by atoms with Crippen molar-refractivity contribution in [1.29, 1.82) is 0 Å². The summed E-state index contributed by atoms with van der Waals surface area (Å²) in [7, 11) is 0. The molecule has 2 fully saturated rings. The zero-order valence-corrected chi connectivity index (χ0v) is 14.6. The number of likely N-dealkylation sites (tertiary alicyclic amines) is 2. The van der Waals surface area contributed by atoms with Gasteiger partial charge in [0, 0.05) is 25.7 Å². The predicted octanol–water partition coefficient (Wildman–Crippen LogP) is 2.01. The Kier molecular flexibility index (Phi) is 5.89. The fraction of sp³-hybridized carbons (Fsp3) is 0.882. The molecule has 0 bridgehead atoms. The van der Waals surface area contributed by atoms with Crippen LogP contribution in [0.1, 0.15) is 52.9 Å². The highest BCUT2D eigenvalue weighted by molar-refractivity contribution is 5.77. The van der Waals surface area contributed by atoms with Crippen LogP contribution in [0, 0.1) is 5.92 Å². The minimum Gasteiger partial charge on any atom is -0.444 e. The molecule has 0 unspecified atom stereocenters. The van der Waals surface area contributed by atoms with Crippen molar-refractivity contribution in [3.63, 3.8) is 0 Å². The van der Waals surface area contributed by atoms with Gasteiger partial charge in [0.2, 0.25) is 5.91 Å². The van der Waals surface area contributed by atoms with Gasteiger partial charge in [-0.25, -0.2) is 4.79 Å². The van der Waals surface area contributed by atoms with Crippen LogP contribution in [0.5, 0.6) is 0 Å². The van der Waals surface area contributed by atoms with Gasteiger partial charge < -0.3 is 19.6 Å². The second kappa shape index (κ2) is 7.51. The molecule has 0 radical (unpaired) electrons. The van der Waals surface area contributed by atoms with E-state index in [2.05, 4.69) is 0 Å². The third-order valence-electron chi connectivity index (χ3n) is 4.66. The van der Waals surface area contributed by atoms with Gasteiger partial charge in [0.25, 0.3) is 0 Å². The van der Waals surface area contributed by atoms with E-state index in [1.165, 1.54) is 0 Å². The smallest absolute Gasteiger partial charge is 0.410 e. The van der Waals surface area contributed by atoms with E-state index < -0.39 is 12.2 Å². The number of rotatable bonds is 2. The van der Waals surface area contributed by atoms with E-state index in [9.17, 15) is 14.7 Å². The van der Waals surface area contributed by atoms with Gasteiger partial charge in [-0.05, 0) is 58.8 Å². The van der Waals surface area contributed by atoms with Crippen molar-refractivity contribution in [2.24, 2.45) is 5.92 Å². The third-order valence-corrected chi connectivity index (χ3v) is 4.66. The molecular formula is C17H30N2O4. The number of carbonyl (C=O) groups excluding carboxylic acids is 2. The molecule has 6 heteroatoms. The van der Waals surface area contributed by atoms with Crippen molar-refractivity contribution in [2.45, 2.75) is 64.5 Å². The SMILES string of the molecule is CC(C)(C)OC(=O)N1CCC[C@H]([C@@H]2CCCCN2C(=O)CO)C1. The molecule has 23 heavy (non-hydrogen) atoms. The van der Waals surface area contributed by atoms with Crippen LogP contribution in [0.4, 0.5) is 4.79 Å². The van der Waals surface area contributed by atoms with E-state index in [1.54, 1.807) is 4.90 Å². The molecular weight excluding hydrogens is 296 g/mol. The number of nitrogens with zero attached hydrogens (tertiary/aromatic N) is 2. The van der Waals surface area contributed by atoms with Crippen molar-refractivity contribution < 1.29 is 19.4 Å². The normalized spacial score (nSPS) is 26.1. The first-order valence-corrected chi connectivity index (χ1v) is 8.70. The topological polar surface area (TPSA) is 70.1 Å². The summed E-state index contributed by atoms with van der Waals surface area (Å²) in [6.45, 7) is 7.24. The van der Waals surface area contributed by atoms with Gasteiger partial charge in [-0.1, -0.05) is 0 Å². The number of amides is 2. The maximum atomic E-state index is 12.3. The maximum absolute atomic E-state index is 12.3. The molecule has 2 rings (SSSR count). The molecule has 0 spiro atoms. The Morgan fingerprint density at radius 1 is 1.13 bits per heavy atom. The summed E-state index contributed by atoms with van der Waals surface area (Å²) in [5.74, 6) is 0.0798. The first-order valence-electron chi connectivity index (χ1n) is 8.70. The van der Waals surface area contributed by atoms with E-state index in [4.69, 9.17) is 4.74 Å². The highest BCUT2D eigenvalue weighted by Gasteiger charge is 2.36. The summed E-state index contributed by atoms with van der Waals surface area (Å²) >= 11 is 0. The van der Waals surface area contributed by atoms with Crippen LogP contribution >= 0.6 is 0 Å². The molecule has 132 valence electrons. The quantitative estimate of drug-likeness (QED) is 0.843. The zero-order valence-electron chi connectivity index (χ0n) is 14.6. The summed E-state index contributed by atoms with van der Waals surface area (Å²) in [4.78, 5) is 27.9. The molecule has 2 aliphatic rings. The van der Waals surface area contributed by atoms with Crippen LogP contribution in [0.2, 0.25) is 0 Å². The molecule has 0 aromatic rings. The second-order valence-electron chi connectivity index (χ2n) is 7.64. The third kappa shape index (κ3) is 4.83. The predicted molar refractivity (Wildman–Crippen MR) is 87.0 cm³/mol. The van der Waals surface area contributed by atoms with Crippen LogP contribution in [0.25, 0.3) is 0 Å². The highest BCUT2D eigenvalue weighted by Crippen LogP contribution is 2.30. The number of aliphatic hydroxyl groups is 1. The molecule has 6 nitrogen and oxygen atoms in total. The van der Waals surface area contributed by atoms with Crippen LogP contribution in [0.15, 0.2) is 0 Å². The van der Waals surface area contributed by atoms with E-state index >= 15 is 0 Å². The van der Waals surface area contributed by atoms with Gasteiger partial charge in [-0.2, -0.15) is 0 Å². The molecule has 1 N–H and O–H groups in total. The largest absolute Gasteiger partial charge is 0.444 e. The summed E-state index contributed by atoms with van der Waals surface area (Å²) in [5, 5.41) is 9.20. The van der Waals surface area contributed by atoms with Crippen LogP contribution in [-0.2, 0) is 9.53 Å². The zero-order chi connectivity index (χ0) is 17.0. The lowest BCUT2D eigenvalue weighted by molar-refractivity contribution is -0.139. The Bertz CT molecular complexity index is 433. The molecule has 0 aromatic carbocycles. The monoisotopic (exact) mass is 326 g/mol. The lowest BCUT2D eigenvalue weighted by Crippen LogP contribution is -2.53. The average Bonchev–Trinajstić information content (AvgIpc) is 2.52. The lowest BCUT2D eigenvalue weighted by Gasteiger charge is -2.44.